The lowest BCUT2D eigenvalue weighted by Crippen LogP contribution is -2.42. The molecule has 2 atom stereocenters. The third-order valence-corrected chi connectivity index (χ3v) is 7.74. The second-order valence-electron chi connectivity index (χ2n) is 10.5. The molecule has 0 aromatic heterocycles. The zero-order valence-electron chi connectivity index (χ0n) is 24.1. The Bertz CT molecular complexity index is 1580. The van der Waals surface area contributed by atoms with E-state index in [-0.39, 0.29) is 37.1 Å². The minimum atomic E-state index is -1.29. The van der Waals surface area contributed by atoms with E-state index in [1.54, 1.807) is 18.2 Å². The lowest BCUT2D eigenvalue weighted by atomic mass is 9.91. The molecule has 1 aliphatic rings. The Kier molecular flexibility index (Phi) is 10.5. The van der Waals surface area contributed by atoms with Gasteiger partial charge in [-0.3, -0.25) is 14.5 Å². The molecule has 0 radical (unpaired) electrons. The maximum Gasteiger partial charge on any atom is 0.339 e. The van der Waals surface area contributed by atoms with Crippen LogP contribution in [0, 0.1) is 17.6 Å². The highest BCUT2D eigenvalue weighted by Gasteiger charge is 2.35. The number of aromatic carboxylic acids is 1. The number of halogens is 3. The zero-order chi connectivity index (χ0) is 32.0. The number of nitrogens with zero attached hydrogens (tertiary/aromatic N) is 2. The number of methoxy groups -OCH3 is 1. The molecule has 1 heterocycles. The van der Waals surface area contributed by atoms with Gasteiger partial charge in [-0.05, 0) is 73.1 Å². The van der Waals surface area contributed by atoms with Crippen LogP contribution in [-0.4, -0.2) is 52.3 Å². The molecule has 0 aliphatic carbocycles. The van der Waals surface area contributed by atoms with Crippen molar-refractivity contribution in [2.45, 2.75) is 44.9 Å². The first kappa shape index (κ1) is 32.4. The van der Waals surface area contributed by atoms with Gasteiger partial charge in [0.1, 0.15) is 28.7 Å². The maximum absolute atomic E-state index is 13.9. The number of hydrogen-bond acceptors (Lipinski definition) is 7. The first-order valence-electron chi connectivity index (χ1n) is 13.9. The molecule has 1 unspecified atom stereocenters. The number of carbonyl (C=O) groups is 3. The van der Waals surface area contributed by atoms with Gasteiger partial charge in [-0.15, -0.1) is 0 Å². The van der Waals surface area contributed by atoms with Gasteiger partial charge in [0.25, 0.3) is 0 Å². The van der Waals surface area contributed by atoms with Gasteiger partial charge in [-0.1, -0.05) is 29.7 Å². The molecule has 1 fully saturated rings. The molecule has 1 saturated heterocycles. The maximum atomic E-state index is 13.9. The lowest BCUT2D eigenvalue weighted by Gasteiger charge is -2.25. The lowest BCUT2D eigenvalue weighted by molar-refractivity contribution is -0.146. The predicted octanol–water partition coefficient (Wildman–Crippen LogP) is 6.36. The summed E-state index contributed by atoms with van der Waals surface area (Å²) < 4.78 is 32.8. The van der Waals surface area contributed by atoms with Crippen molar-refractivity contribution in [2.24, 2.45) is 11.1 Å². The van der Waals surface area contributed by atoms with Crippen molar-refractivity contribution < 1.29 is 43.0 Å². The molecule has 4 rings (SSSR count). The quantitative estimate of drug-likeness (QED) is 0.250. The third-order valence-electron chi connectivity index (χ3n) is 7.50. The number of likely N-dealkylation sites (tertiary alicyclic amines) is 1. The molecule has 0 spiro atoms. The Hall–Kier alpha value is -4.51. The number of phenols is 1. The smallest absolute Gasteiger partial charge is 0.339 e. The number of carboxylic acid groups (broad SMARTS) is 1. The summed E-state index contributed by atoms with van der Waals surface area (Å²) in [6.07, 6.45) is 1.10. The summed E-state index contributed by atoms with van der Waals surface area (Å²) in [5, 5.41) is 23.9. The summed E-state index contributed by atoms with van der Waals surface area (Å²) in [4.78, 5) is 45.4. The number of oxime groups is 1. The van der Waals surface area contributed by atoms with Gasteiger partial charge < -0.3 is 19.8 Å². The molecular weight excluding hydrogens is 598 g/mol. The first-order chi connectivity index (χ1) is 21.0. The van der Waals surface area contributed by atoms with Gasteiger partial charge in [0, 0.05) is 35.6 Å². The monoisotopic (exact) mass is 628 g/mol. The fourth-order valence-corrected chi connectivity index (χ4v) is 5.37. The number of hydrogen-bond donors (Lipinski definition) is 2. The number of imide groups is 1. The van der Waals surface area contributed by atoms with E-state index < -0.39 is 47.0 Å². The highest BCUT2D eigenvalue weighted by atomic mass is 35.5. The number of carbonyl (C=O) groups excluding carboxylic acids is 2. The van der Waals surface area contributed by atoms with Crippen molar-refractivity contribution in [3.8, 4) is 17.2 Å². The zero-order valence-corrected chi connectivity index (χ0v) is 24.8. The molecule has 0 saturated carbocycles. The fraction of sp³-hybridized carbons (Fsp3) is 0.312. The van der Waals surface area contributed by atoms with Crippen molar-refractivity contribution in [1.29, 1.82) is 0 Å². The summed E-state index contributed by atoms with van der Waals surface area (Å²) in [7, 11) is 1.50. The van der Waals surface area contributed by atoms with Crippen LogP contribution in [0.3, 0.4) is 0 Å². The number of carboxylic acids is 1. The number of amides is 2. The Balaban J connectivity index is 1.63. The second-order valence-corrected chi connectivity index (χ2v) is 10.9. The van der Waals surface area contributed by atoms with Gasteiger partial charge in [0.15, 0.2) is 5.75 Å². The highest BCUT2D eigenvalue weighted by Crippen LogP contribution is 2.32. The third kappa shape index (κ3) is 7.90. The largest absolute Gasteiger partial charge is 0.507 e. The Morgan fingerprint density at radius 2 is 1.84 bits per heavy atom. The Morgan fingerprint density at radius 3 is 2.48 bits per heavy atom. The molecule has 232 valence electrons. The summed E-state index contributed by atoms with van der Waals surface area (Å²) in [5.74, 6) is -5.13. The molecule has 9 nitrogen and oxygen atoms in total. The van der Waals surface area contributed by atoms with Crippen LogP contribution in [0.25, 0.3) is 0 Å². The van der Waals surface area contributed by atoms with Crippen molar-refractivity contribution in [1.82, 2.24) is 4.90 Å². The second kappa shape index (κ2) is 14.3. The first-order valence-corrected chi connectivity index (χ1v) is 14.3. The van der Waals surface area contributed by atoms with Crippen LogP contribution < -0.4 is 9.57 Å². The van der Waals surface area contributed by atoms with E-state index >= 15 is 0 Å². The molecule has 3 aromatic rings. The predicted molar refractivity (Wildman–Crippen MR) is 158 cm³/mol. The van der Waals surface area contributed by atoms with Crippen LogP contribution in [0.2, 0.25) is 5.02 Å². The van der Waals surface area contributed by atoms with Crippen LogP contribution in [0.1, 0.15) is 60.0 Å². The summed E-state index contributed by atoms with van der Waals surface area (Å²) in [5.41, 5.74) is 1.26. The average Bonchev–Trinajstić information content (AvgIpc) is 3.12. The topological polar surface area (TPSA) is 126 Å². The van der Waals surface area contributed by atoms with E-state index in [0.29, 0.717) is 46.5 Å². The average molecular weight is 629 g/mol. The standard InChI is InChI=1S/C32H31ClF2N2O7/c1-3-18(19-5-8-27(32(41)42)28(38)12-19)13-30(39)37-17-25(36-44-26-15-23(34)14-24(35)16-26)7-4-20(31(37)40)10-21-11-22(33)6-9-29(21)43-2/h5-6,8-9,11-12,14-16,18,20,38H,3-4,7,10,13,17H2,1-2H3,(H,41,42)/b36-25+/t18-,20?/m0/s1. The number of aromatic hydroxyl groups is 1. The van der Waals surface area contributed by atoms with Gasteiger partial charge in [0.2, 0.25) is 11.8 Å². The SMILES string of the molecule is CC[C@@H](CC(=O)N1C/C(=N/Oc2cc(F)cc(F)c2)CCC(Cc2cc(Cl)ccc2OC)C1=O)c1ccc(C(=O)O)c(O)c1. The van der Waals surface area contributed by atoms with E-state index in [4.69, 9.17) is 21.2 Å². The van der Waals surface area contributed by atoms with Crippen molar-refractivity contribution in [3.63, 3.8) is 0 Å². The molecule has 3 aromatic carbocycles. The molecule has 0 bridgehead atoms. The number of benzene rings is 3. The summed E-state index contributed by atoms with van der Waals surface area (Å²) >= 11 is 6.21. The number of rotatable bonds is 10. The molecule has 12 heteroatoms. The van der Waals surface area contributed by atoms with Gasteiger partial charge in [-0.25, -0.2) is 13.6 Å². The van der Waals surface area contributed by atoms with Gasteiger partial charge in [-0.2, -0.15) is 0 Å². The van der Waals surface area contributed by atoms with Crippen LogP contribution in [0.5, 0.6) is 17.2 Å². The van der Waals surface area contributed by atoms with E-state index in [2.05, 4.69) is 5.16 Å². The van der Waals surface area contributed by atoms with E-state index in [1.165, 1.54) is 25.3 Å². The van der Waals surface area contributed by atoms with Crippen molar-refractivity contribution >= 4 is 35.1 Å². The van der Waals surface area contributed by atoms with Crippen molar-refractivity contribution in [3.05, 3.63) is 87.9 Å². The van der Waals surface area contributed by atoms with Gasteiger partial charge in [0.05, 0.1) is 19.4 Å². The molecular formula is C32H31ClF2N2O7. The van der Waals surface area contributed by atoms with Gasteiger partial charge >= 0.3 is 5.97 Å². The highest BCUT2D eigenvalue weighted by molar-refractivity contribution is 6.30. The van der Waals surface area contributed by atoms with Crippen LogP contribution >= 0.6 is 11.6 Å². The van der Waals surface area contributed by atoms with Crippen molar-refractivity contribution in [2.75, 3.05) is 13.7 Å². The minimum Gasteiger partial charge on any atom is -0.507 e. The van der Waals surface area contributed by atoms with Crippen LogP contribution in [-0.2, 0) is 16.0 Å². The number of ether oxygens (including phenoxy) is 1. The molecule has 2 amide bonds. The summed E-state index contributed by atoms with van der Waals surface area (Å²) in [6.45, 7) is 1.62. The summed E-state index contributed by atoms with van der Waals surface area (Å²) in [6, 6.07) is 11.8. The van der Waals surface area contributed by atoms with Crippen LogP contribution in [0.4, 0.5) is 8.78 Å². The molecule has 1 aliphatic heterocycles. The Morgan fingerprint density at radius 1 is 1.11 bits per heavy atom. The Labute approximate surface area is 257 Å². The van der Waals surface area contributed by atoms with E-state index in [9.17, 15) is 33.4 Å². The van der Waals surface area contributed by atoms with E-state index in [0.717, 1.165) is 17.0 Å². The molecule has 2 N–H and O–H groups in total. The van der Waals surface area contributed by atoms with Crippen LogP contribution in [0.15, 0.2) is 59.8 Å². The molecule has 44 heavy (non-hydrogen) atoms. The normalized spacial score (nSPS) is 16.8. The van der Waals surface area contributed by atoms with E-state index in [1.807, 2.05) is 6.92 Å². The minimum absolute atomic E-state index is 0.120. The fourth-order valence-electron chi connectivity index (χ4n) is 5.17.